The third kappa shape index (κ3) is 4.95. The summed E-state index contributed by atoms with van der Waals surface area (Å²) in [5.41, 5.74) is 3.44. The van der Waals surface area contributed by atoms with E-state index in [1.165, 1.54) is 18.8 Å². The number of methoxy groups -OCH3 is 2. The summed E-state index contributed by atoms with van der Waals surface area (Å²) in [7, 11) is 3.05. The van der Waals surface area contributed by atoms with Crippen molar-refractivity contribution in [3.05, 3.63) is 119 Å². The second-order valence-electron chi connectivity index (χ2n) is 10.2. The molecule has 1 aromatic heterocycles. The number of esters is 1. The molecule has 0 unspecified atom stereocenters. The Hall–Kier alpha value is -4.48. The molecular weight excluding hydrogens is 646 g/mol. The van der Waals surface area contributed by atoms with Gasteiger partial charge in [0.2, 0.25) is 0 Å². The number of fused-ring (bicyclic) bond motifs is 2. The first-order chi connectivity index (χ1) is 21.3. The van der Waals surface area contributed by atoms with Gasteiger partial charge in [-0.2, -0.15) is 0 Å². The minimum Gasteiger partial charge on any atom is -0.493 e. The molecular formula is C33H28BrN3O6S. The maximum atomic E-state index is 14.5. The minimum atomic E-state index is -0.877. The van der Waals surface area contributed by atoms with Gasteiger partial charge in [0.25, 0.3) is 11.5 Å². The highest BCUT2D eigenvalue weighted by Crippen LogP contribution is 2.39. The lowest BCUT2D eigenvalue weighted by Gasteiger charge is -2.25. The van der Waals surface area contributed by atoms with E-state index in [0.29, 0.717) is 50.9 Å². The van der Waals surface area contributed by atoms with Crippen LogP contribution in [0.4, 0.5) is 5.69 Å². The van der Waals surface area contributed by atoms with Crippen molar-refractivity contribution >= 4 is 50.4 Å². The van der Waals surface area contributed by atoms with Crippen molar-refractivity contribution in [1.82, 2.24) is 4.57 Å². The molecule has 224 valence electrons. The maximum absolute atomic E-state index is 14.5. The molecule has 0 N–H and O–H groups in total. The number of allylic oxidation sites excluding steroid dienone is 1. The molecule has 44 heavy (non-hydrogen) atoms. The largest absolute Gasteiger partial charge is 0.493 e. The molecule has 3 heterocycles. The summed E-state index contributed by atoms with van der Waals surface area (Å²) in [4.78, 5) is 48.7. The van der Waals surface area contributed by atoms with Crippen LogP contribution in [0.15, 0.2) is 92.3 Å². The molecule has 0 saturated heterocycles. The van der Waals surface area contributed by atoms with E-state index in [9.17, 15) is 14.4 Å². The van der Waals surface area contributed by atoms with Crippen molar-refractivity contribution in [2.45, 2.75) is 26.4 Å². The Bertz CT molecular complexity index is 2030. The Kier molecular flexibility index (Phi) is 8.00. The lowest BCUT2D eigenvalue weighted by Crippen LogP contribution is -2.41. The molecule has 0 bridgehead atoms. The zero-order valence-electron chi connectivity index (χ0n) is 24.4. The molecule has 11 heteroatoms. The van der Waals surface area contributed by atoms with Crippen LogP contribution >= 0.6 is 27.3 Å². The molecule has 6 rings (SSSR count). The van der Waals surface area contributed by atoms with Gasteiger partial charge in [-0.25, -0.2) is 9.79 Å². The number of anilines is 1. The highest BCUT2D eigenvalue weighted by Gasteiger charge is 2.38. The van der Waals surface area contributed by atoms with Gasteiger partial charge in [-0.3, -0.25) is 14.2 Å². The van der Waals surface area contributed by atoms with E-state index in [1.54, 1.807) is 36.9 Å². The Balaban J connectivity index is 1.60. The number of nitrogens with zero attached hydrogens (tertiary/aromatic N) is 3. The lowest BCUT2D eigenvalue weighted by atomic mass is 9.95. The van der Waals surface area contributed by atoms with Crippen LogP contribution in [0.5, 0.6) is 11.5 Å². The van der Waals surface area contributed by atoms with Crippen molar-refractivity contribution in [2.75, 3.05) is 25.7 Å². The summed E-state index contributed by atoms with van der Waals surface area (Å²) in [6.07, 6.45) is 0. The molecule has 0 aliphatic carbocycles. The summed E-state index contributed by atoms with van der Waals surface area (Å²) in [5.74, 6) is 0.0820. The van der Waals surface area contributed by atoms with Crippen molar-refractivity contribution in [3.63, 3.8) is 0 Å². The normalized spacial score (nSPS) is 16.8. The van der Waals surface area contributed by atoms with Crippen LogP contribution in [-0.2, 0) is 20.9 Å². The fourth-order valence-corrected chi connectivity index (χ4v) is 7.12. The predicted molar refractivity (Wildman–Crippen MR) is 171 cm³/mol. The van der Waals surface area contributed by atoms with Crippen LogP contribution in [0, 0.1) is 0 Å². The van der Waals surface area contributed by atoms with Crippen LogP contribution < -0.4 is 29.3 Å². The Morgan fingerprint density at radius 1 is 1.00 bits per heavy atom. The zero-order chi connectivity index (χ0) is 31.1. The van der Waals surface area contributed by atoms with Crippen LogP contribution in [0.2, 0.25) is 0 Å². The lowest BCUT2D eigenvalue weighted by molar-refractivity contribution is -0.139. The highest BCUT2D eigenvalue weighted by molar-refractivity contribution is 9.10. The van der Waals surface area contributed by atoms with Gasteiger partial charge >= 0.3 is 5.97 Å². The molecule has 0 saturated carbocycles. The first-order valence-electron chi connectivity index (χ1n) is 13.9. The number of hydrogen-bond acceptors (Lipinski definition) is 8. The molecule has 1 atom stereocenters. The van der Waals surface area contributed by atoms with Crippen molar-refractivity contribution in [1.29, 1.82) is 0 Å². The first kappa shape index (κ1) is 29.6. The number of rotatable bonds is 7. The van der Waals surface area contributed by atoms with Crippen molar-refractivity contribution < 1.29 is 23.8 Å². The molecule has 4 aromatic rings. The second-order valence-corrected chi connectivity index (χ2v) is 12.0. The number of thiazole rings is 1. The van der Waals surface area contributed by atoms with E-state index in [0.717, 1.165) is 21.4 Å². The van der Waals surface area contributed by atoms with Crippen LogP contribution in [0.25, 0.3) is 5.57 Å². The van der Waals surface area contributed by atoms with E-state index in [-0.39, 0.29) is 22.6 Å². The van der Waals surface area contributed by atoms with Gasteiger partial charge in [-0.15, -0.1) is 0 Å². The number of carbonyl (C=O) groups excluding carboxylic acids is 2. The van der Waals surface area contributed by atoms with Crippen LogP contribution in [-0.4, -0.2) is 37.3 Å². The molecule has 2 aliphatic heterocycles. The molecule has 0 fully saturated rings. The summed E-state index contributed by atoms with van der Waals surface area (Å²) in [6, 6.07) is 19.7. The fraction of sp³-hybridized carbons (Fsp3) is 0.212. The van der Waals surface area contributed by atoms with Gasteiger partial charge in [0.1, 0.15) is 4.53 Å². The SMILES string of the molecule is CCOC(=O)C1=C(C)N=c2s/c(=C3\C(=O)N(Cc4ccccc4)c4ccc(Br)cc43)c(=O)n2[C@@H]1c1ccc(OC)c(OC)c1. The highest BCUT2D eigenvalue weighted by atomic mass is 79.9. The molecule has 2 aliphatic rings. The molecule has 0 radical (unpaired) electrons. The topological polar surface area (TPSA) is 99.4 Å². The number of hydrogen-bond donors (Lipinski definition) is 0. The Labute approximate surface area is 265 Å². The smallest absolute Gasteiger partial charge is 0.338 e. The van der Waals surface area contributed by atoms with Gasteiger partial charge in [0.05, 0.1) is 55.9 Å². The molecule has 1 amide bonds. The van der Waals surface area contributed by atoms with E-state index >= 15 is 0 Å². The first-order valence-corrected chi connectivity index (χ1v) is 15.5. The predicted octanol–water partition coefficient (Wildman–Crippen LogP) is 4.50. The average molecular weight is 675 g/mol. The van der Waals surface area contributed by atoms with Crippen LogP contribution in [0.1, 0.15) is 36.6 Å². The van der Waals surface area contributed by atoms with Gasteiger partial charge < -0.3 is 19.1 Å². The Morgan fingerprint density at radius 3 is 2.45 bits per heavy atom. The van der Waals surface area contributed by atoms with Gasteiger partial charge in [0.15, 0.2) is 16.3 Å². The van der Waals surface area contributed by atoms with Crippen molar-refractivity contribution in [3.8, 4) is 11.5 Å². The van der Waals surface area contributed by atoms with Gasteiger partial charge in [-0.1, -0.05) is 63.7 Å². The number of benzene rings is 3. The fourth-order valence-electron chi connectivity index (χ4n) is 5.63. The molecule has 9 nitrogen and oxygen atoms in total. The summed E-state index contributed by atoms with van der Waals surface area (Å²) >= 11 is 4.67. The van der Waals surface area contributed by atoms with E-state index < -0.39 is 17.6 Å². The summed E-state index contributed by atoms with van der Waals surface area (Å²) < 4.78 is 18.9. The minimum absolute atomic E-state index is 0.153. The number of ether oxygens (including phenoxy) is 3. The molecule has 0 spiro atoms. The van der Waals surface area contributed by atoms with Crippen molar-refractivity contribution in [2.24, 2.45) is 4.99 Å². The second kappa shape index (κ2) is 11.9. The van der Waals surface area contributed by atoms with E-state index in [1.807, 2.05) is 48.5 Å². The maximum Gasteiger partial charge on any atom is 0.338 e. The standard InChI is InChI=1S/C33H28BrN3O6S/c1-5-43-32(40)26-18(2)35-33-37(28(26)20-11-14-24(41-3)25(15-20)42-4)31(39)29(44-33)27-22-16-21(34)12-13-23(22)36(30(27)38)17-19-9-7-6-8-10-19/h6-16,28H,5,17H2,1-4H3/b29-27-/t28-/m1/s1. The average Bonchev–Trinajstić information content (AvgIpc) is 3.47. The third-order valence-corrected chi connectivity index (χ3v) is 9.15. The van der Waals surface area contributed by atoms with Gasteiger partial charge in [0, 0.05) is 10.0 Å². The third-order valence-electron chi connectivity index (χ3n) is 7.60. The zero-order valence-corrected chi connectivity index (χ0v) is 26.8. The summed E-state index contributed by atoms with van der Waals surface area (Å²) in [5, 5.41) is 0. The number of carbonyl (C=O) groups is 2. The quantitative estimate of drug-likeness (QED) is 0.268. The summed E-state index contributed by atoms with van der Waals surface area (Å²) in [6.45, 7) is 3.94. The van der Waals surface area contributed by atoms with Crippen LogP contribution in [0.3, 0.4) is 0 Å². The monoisotopic (exact) mass is 673 g/mol. The number of aromatic nitrogens is 1. The number of amides is 1. The Morgan fingerprint density at radius 2 is 1.75 bits per heavy atom. The van der Waals surface area contributed by atoms with E-state index in [2.05, 4.69) is 20.9 Å². The molecule has 3 aromatic carbocycles. The van der Waals surface area contributed by atoms with Gasteiger partial charge in [-0.05, 0) is 55.3 Å². The van der Waals surface area contributed by atoms with E-state index in [4.69, 9.17) is 14.2 Å². The number of halogens is 1.